The standard InChI is InChI=1S/C15H14N4OS/c1-2-21-11-7-5-10(6-8-11)14-18-15(20-19-14)13-12(16)4-3-9-17-13/h3-9H,2,16H2,1H3. The Kier molecular flexibility index (Phi) is 3.87. The first-order valence-corrected chi connectivity index (χ1v) is 7.54. The molecule has 0 bridgehead atoms. The fourth-order valence-electron chi connectivity index (χ4n) is 1.90. The molecule has 2 heterocycles. The second kappa shape index (κ2) is 5.97. The van der Waals surface area contributed by atoms with Gasteiger partial charge in [0.2, 0.25) is 5.82 Å². The quantitative estimate of drug-likeness (QED) is 0.743. The van der Waals surface area contributed by atoms with Gasteiger partial charge in [-0.05, 0) is 42.2 Å². The third kappa shape index (κ3) is 2.90. The number of anilines is 1. The molecule has 0 saturated carbocycles. The molecule has 106 valence electrons. The van der Waals surface area contributed by atoms with Crippen LogP contribution in [0.4, 0.5) is 5.69 Å². The Balaban J connectivity index is 1.89. The Morgan fingerprint density at radius 2 is 2.00 bits per heavy atom. The van der Waals surface area contributed by atoms with E-state index in [2.05, 4.69) is 34.2 Å². The summed E-state index contributed by atoms with van der Waals surface area (Å²) < 4.78 is 5.25. The largest absolute Gasteiger partial charge is 0.397 e. The SMILES string of the molecule is CCSc1ccc(-c2noc(-c3ncccc3N)n2)cc1. The number of pyridine rings is 1. The highest BCUT2D eigenvalue weighted by Gasteiger charge is 2.13. The number of nitrogens with zero attached hydrogens (tertiary/aromatic N) is 3. The molecule has 0 atom stereocenters. The summed E-state index contributed by atoms with van der Waals surface area (Å²) in [6, 6.07) is 11.6. The van der Waals surface area contributed by atoms with Crippen molar-refractivity contribution in [1.82, 2.24) is 15.1 Å². The molecule has 0 amide bonds. The molecule has 0 aliphatic heterocycles. The third-order valence-electron chi connectivity index (χ3n) is 2.89. The number of nitrogens with two attached hydrogens (primary N) is 1. The molecule has 0 aliphatic rings. The molecule has 5 nitrogen and oxygen atoms in total. The van der Waals surface area contributed by atoms with Gasteiger partial charge in [-0.25, -0.2) is 4.98 Å². The molecular weight excluding hydrogens is 284 g/mol. The summed E-state index contributed by atoms with van der Waals surface area (Å²) in [5, 5.41) is 3.99. The molecule has 21 heavy (non-hydrogen) atoms. The van der Waals surface area contributed by atoms with E-state index in [1.807, 2.05) is 12.1 Å². The smallest absolute Gasteiger partial charge is 0.278 e. The molecule has 0 radical (unpaired) electrons. The minimum atomic E-state index is 0.329. The predicted molar refractivity (Wildman–Crippen MR) is 83.8 cm³/mol. The van der Waals surface area contributed by atoms with Crippen LogP contribution in [0.5, 0.6) is 0 Å². The average molecular weight is 298 g/mol. The minimum Gasteiger partial charge on any atom is -0.397 e. The van der Waals surface area contributed by atoms with Crippen LogP contribution in [0.15, 0.2) is 52.0 Å². The first-order valence-electron chi connectivity index (χ1n) is 6.55. The predicted octanol–water partition coefficient (Wildman–Crippen LogP) is 3.49. The van der Waals surface area contributed by atoms with E-state index in [0.717, 1.165) is 11.3 Å². The summed E-state index contributed by atoms with van der Waals surface area (Å²) in [6.07, 6.45) is 1.65. The van der Waals surface area contributed by atoms with Gasteiger partial charge in [0.05, 0.1) is 5.69 Å². The first-order chi connectivity index (χ1) is 10.3. The highest BCUT2D eigenvalue weighted by molar-refractivity contribution is 7.99. The topological polar surface area (TPSA) is 77.8 Å². The van der Waals surface area contributed by atoms with Gasteiger partial charge in [-0.2, -0.15) is 4.98 Å². The van der Waals surface area contributed by atoms with Crippen molar-refractivity contribution in [2.75, 3.05) is 11.5 Å². The molecule has 6 heteroatoms. The van der Waals surface area contributed by atoms with E-state index in [1.54, 1.807) is 30.1 Å². The molecule has 3 aromatic rings. The van der Waals surface area contributed by atoms with Crippen molar-refractivity contribution in [3.8, 4) is 23.0 Å². The summed E-state index contributed by atoms with van der Waals surface area (Å²) in [7, 11) is 0. The van der Waals surface area contributed by atoms with Crippen LogP contribution in [0, 0.1) is 0 Å². The van der Waals surface area contributed by atoms with Crippen molar-refractivity contribution in [3.05, 3.63) is 42.6 Å². The van der Waals surface area contributed by atoms with Gasteiger partial charge in [-0.3, -0.25) is 0 Å². The lowest BCUT2D eigenvalue weighted by Gasteiger charge is -1.99. The second-order valence-electron chi connectivity index (χ2n) is 4.32. The third-order valence-corrected chi connectivity index (χ3v) is 3.79. The summed E-state index contributed by atoms with van der Waals surface area (Å²) in [4.78, 5) is 9.75. The van der Waals surface area contributed by atoms with Gasteiger partial charge >= 0.3 is 0 Å². The van der Waals surface area contributed by atoms with Crippen LogP contribution in [-0.4, -0.2) is 20.9 Å². The Hall–Kier alpha value is -2.34. The zero-order chi connectivity index (χ0) is 14.7. The van der Waals surface area contributed by atoms with Crippen LogP contribution in [-0.2, 0) is 0 Å². The number of hydrogen-bond acceptors (Lipinski definition) is 6. The number of aromatic nitrogens is 3. The number of thioether (sulfide) groups is 1. The molecule has 0 unspecified atom stereocenters. The van der Waals surface area contributed by atoms with Crippen molar-refractivity contribution < 1.29 is 4.52 Å². The molecule has 2 aromatic heterocycles. The number of rotatable bonds is 4. The molecule has 0 fully saturated rings. The molecule has 2 N–H and O–H groups in total. The van der Waals surface area contributed by atoms with E-state index in [-0.39, 0.29) is 0 Å². The molecule has 0 spiro atoms. The summed E-state index contributed by atoms with van der Waals surface area (Å²) in [5.74, 6) is 1.91. The summed E-state index contributed by atoms with van der Waals surface area (Å²) >= 11 is 1.79. The Bertz CT molecular complexity index is 739. The van der Waals surface area contributed by atoms with Crippen molar-refractivity contribution in [3.63, 3.8) is 0 Å². The normalized spacial score (nSPS) is 10.7. The minimum absolute atomic E-state index is 0.329. The first kappa shape index (κ1) is 13.6. The van der Waals surface area contributed by atoms with E-state index in [1.165, 1.54) is 4.90 Å². The second-order valence-corrected chi connectivity index (χ2v) is 5.66. The number of hydrogen-bond donors (Lipinski definition) is 1. The lowest BCUT2D eigenvalue weighted by molar-refractivity contribution is 0.431. The van der Waals surface area contributed by atoms with Gasteiger partial charge in [0, 0.05) is 16.7 Å². The Morgan fingerprint density at radius 1 is 1.19 bits per heavy atom. The van der Waals surface area contributed by atoms with Gasteiger partial charge in [0.1, 0.15) is 0 Å². The summed E-state index contributed by atoms with van der Waals surface area (Å²) in [6.45, 7) is 2.13. The highest BCUT2D eigenvalue weighted by Crippen LogP contribution is 2.26. The lowest BCUT2D eigenvalue weighted by Crippen LogP contribution is -1.92. The van der Waals surface area contributed by atoms with Crippen molar-refractivity contribution in [2.24, 2.45) is 0 Å². The molecule has 1 aromatic carbocycles. The summed E-state index contributed by atoms with van der Waals surface area (Å²) in [5.41, 5.74) is 7.79. The van der Waals surface area contributed by atoms with Crippen LogP contribution in [0.2, 0.25) is 0 Å². The number of nitrogen functional groups attached to an aromatic ring is 1. The van der Waals surface area contributed by atoms with Crippen molar-refractivity contribution >= 4 is 17.4 Å². The maximum Gasteiger partial charge on any atom is 0.278 e. The maximum atomic E-state index is 5.86. The fourth-order valence-corrected chi connectivity index (χ4v) is 2.56. The van der Waals surface area contributed by atoms with E-state index in [9.17, 15) is 0 Å². The van der Waals surface area contributed by atoms with Crippen LogP contribution in [0.1, 0.15) is 6.92 Å². The van der Waals surface area contributed by atoms with Crippen LogP contribution >= 0.6 is 11.8 Å². The molecule has 0 saturated heterocycles. The monoisotopic (exact) mass is 298 g/mol. The van der Waals surface area contributed by atoms with Gasteiger partial charge < -0.3 is 10.3 Å². The maximum absolute atomic E-state index is 5.86. The van der Waals surface area contributed by atoms with Gasteiger partial charge in [0.25, 0.3) is 5.89 Å². The van der Waals surface area contributed by atoms with Gasteiger partial charge in [-0.15, -0.1) is 11.8 Å². The molecule has 3 rings (SSSR count). The zero-order valence-electron chi connectivity index (χ0n) is 11.5. The Morgan fingerprint density at radius 3 is 2.71 bits per heavy atom. The van der Waals surface area contributed by atoms with E-state index in [0.29, 0.717) is 23.1 Å². The van der Waals surface area contributed by atoms with Crippen molar-refractivity contribution in [2.45, 2.75) is 11.8 Å². The van der Waals surface area contributed by atoms with Crippen molar-refractivity contribution in [1.29, 1.82) is 0 Å². The Labute approximate surface area is 126 Å². The van der Waals surface area contributed by atoms with Gasteiger partial charge in [0.15, 0.2) is 5.69 Å². The van der Waals surface area contributed by atoms with E-state index in [4.69, 9.17) is 10.3 Å². The average Bonchev–Trinajstić information content (AvgIpc) is 2.98. The van der Waals surface area contributed by atoms with E-state index < -0.39 is 0 Å². The van der Waals surface area contributed by atoms with Crippen LogP contribution < -0.4 is 5.73 Å². The van der Waals surface area contributed by atoms with Crippen LogP contribution in [0.25, 0.3) is 23.0 Å². The highest BCUT2D eigenvalue weighted by atomic mass is 32.2. The molecule has 0 aliphatic carbocycles. The van der Waals surface area contributed by atoms with Crippen LogP contribution in [0.3, 0.4) is 0 Å². The van der Waals surface area contributed by atoms with E-state index >= 15 is 0 Å². The van der Waals surface area contributed by atoms with Gasteiger partial charge in [-0.1, -0.05) is 12.1 Å². The number of benzene rings is 1. The zero-order valence-corrected chi connectivity index (χ0v) is 12.3. The fraction of sp³-hybridized carbons (Fsp3) is 0.133. The lowest BCUT2D eigenvalue weighted by atomic mass is 10.2. The molecular formula is C15H14N4OS.